The number of aromatic nitrogens is 3. The maximum Gasteiger partial charge on any atom is 0.160 e. The zero-order valence-corrected chi connectivity index (χ0v) is 31.6. The molecular formula is C53H33N3S. The molecule has 11 rings (SSSR count). The smallest absolute Gasteiger partial charge is 0.160 e. The molecule has 266 valence electrons. The Balaban J connectivity index is 1.04. The summed E-state index contributed by atoms with van der Waals surface area (Å²) in [6, 6.07) is 70.7. The number of pyridine rings is 1. The topological polar surface area (TPSA) is 38.7 Å². The van der Waals surface area contributed by atoms with Crippen LogP contribution in [0.25, 0.3) is 109 Å². The number of hydrogen-bond acceptors (Lipinski definition) is 4. The maximum atomic E-state index is 5.60. The molecule has 0 N–H and O–H groups in total. The van der Waals surface area contributed by atoms with Crippen molar-refractivity contribution < 1.29 is 0 Å². The Labute approximate surface area is 334 Å². The average Bonchev–Trinajstić information content (AvgIpc) is 3.69. The van der Waals surface area contributed by atoms with Gasteiger partial charge in [-0.1, -0.05) is 188 Å². The molecule has 0 unspecified atom stereocenters. The standard InChI is InChI=1S/C53H33N3S/c1-3-13-34(14-4-1)35-25-29-38(30-26-35)46-33-47(55-53(54-46)40-16-5-2-6-17-40)39-31-27-37(28-32-39)42-21-12-23-45-50(42)56-51(43-22-11-18-36-15-7-8-19-41(36)43)49-44-20-9-10-24-48(44)57-52(45)49/h1-33H. The Morgan fingerprint density at radius 1 is 0.351 bits per heavy atom. The van der Waals surface area contributed by atoms with Crippen molar-refractivity contribution in [2.45, 2.75) is 0 Å². The number of thiophene rings is 1. The second-order valence-electron chi connectivity index (χ2n) is 14.3. The fourth-order valence-corrected chi connectivity index (χ4v) is 9.32. The van der Waals surface area contributed by atoms with E-state index in [9.17, 15) is 0 Å². The van der Waals surface area contributed by atoms with Crippen molar-refractivity contribution in [1.82, 2.24) is 15.0 Å². The summed E-state index contributed by atoms with van der Waals surface area (Å²) in [5.41, 5.74) is 12.6. The monoisotopic (exact) mass is 743 g/mol. The Morgan fingerprint density at radius 2 is 0.877 bits per heavy atom. The minimum atomic E-state index is 0.700. The number of benzene rings is 8. The molecule has 0 spiro atoms. The number of rotatable bonds is 6. The van der Waals surface area contributed by atoms with Crippen molar-refractivity contribution in [3.63, 3.8) is 0 Å². The summed E-state index contributed by atoms with van der Waals surface area (Å²) in [5, 5.41) is 6.05. The molecule has 8 aromatic carbocycles. The van der Waals surface area contributed by atoms with Crippen molar-refractivity contribution in [3.8, 4) is 67.4 Å². The number of para-hydroxylation sites is 1. The van der Waals surface area contributed by atoms with Gasteiger partial charge in [0.15, 0.2) is 5.82 Å². The van der Waals surface area contributed by atoms with Crippen molar-refractivity contribution in [2.24, 2.45) is 0 Å². The predicted octanol–water partition coefficient (Wildman–Crippen LogP) is 14.5. The minimum absolute atomic E-state index is 0.700. The SMILES string of the molecule is c1ccc(-c2ccc(-c3cc(-c4ccc(-c5cccc6c5nc(-c5cccc7ccccc57)c5c7ccccc7sc65)cc4)nc(-c4ccccc4)n3)cc2)cc1. The van der Waals surface area contributed by atoms with Gasteiger partial charge in [0.05, 0.1) is 22.6 Å². The van der Waals surface area contributed by atoms with Gasteiger partial charge >= 0.3 is 0 Å². The molecule has 0 radical (unpaired) electrons. The molecule has 0 amide bonds. The van der Waals surface area contributed by atoms with Crippen molar-refractivity contribution in [3.05, 3.63) is 200 Å². The highest BCUT2D eigenvalue weighted by molar-refractivity contribution is 7.26. The van der Waals surface area contributed by atoms with E-state index < -0.39 is 0 Å². The number of nitrogens with zero attached hydrogens (tertiary/aromatic N) is 3. The summed E-state index contributed by atoms with van der Waals surface area (Å²) in [5.74, 6) is 0.700. The Morgan fingerprint density at radius 3 is 1.61 bits per heavy atom. The molecule has 0 aliphatic rings. The largest absolute Gasteiger partial charge is 0.246 e. The van der Waals surface area contributed by atoms with E-state index in [4.69, 9.17) is 15.0 Å². The van der Waals surface area contributed by atoms with Crippen molar-refractivity contribution >= 4 is 53.2 Å². The number of fused-ring (bicyclic) bond motifs is 6. The van der Waals surface area contributed by atoms with Gasteiger partial charge in [-0.25, -0.2) is 15.0 Å². The van der Waals surface area contributed by atoms with Crippen LogP contribution in [0.3, 0.4) is 0 Å². The van der Waals surface area contributed by atoms with Gasteiger partial charge in [0, 0.05) is 53.4 Å². The number of hydrogen-bond donors (Lipinski definition) is 0. The lowest BCUT2D eigenvalue weighted by molar-refractivity contribution is 1.18. The molecule has 0 aliphatic carbocycles. The Hall–Kier alpha value is -7.27. The molecule has 0 fully saturated rings. The first-order valence-electron chi connectivity index (χ1n) is 19.2. The average molecular weight is 744 g/mol. The Bertz CT molecular complexity index is 3260. The van der Waals surface area contributed by atoms with E-state index in [0.29, 0.717) is 5.82 Å². The molecular weight excluding hydrogens is 711 g/mol. The van der Waals surface area contributed by atoms with Crippen molar-refractivity contribution in [2.75, 3.05) is 0 Å². The van der Waals surface area contributed by atoms with Gasteiger partial charge in [-0.15, -0.1) is 11.3 Å². The first-order valence-corrected chi connectivity index (χ1v) is 20.0. The van der Waals surface area contributed by atoms with E-state index >= 15 is 0 Å². The van der Waals surface area contributed by atoms with Gasteiger partial charge < -0.3 is 0 Å². The van der Waals surface area contributed by atoms with Crippen LogP contribution in [0.15, 0.2) is 200 Å². The van der Waals surface area contributed by atoms with E-state index in [1.54, 1.807) is 0 Å². The van der Waals surface area contributed by atoms with Crippen LogP contribution in [0.1, 0.15) is 0 Å². The Kier molecular flexibility index (Phi) is 8.01. The summed E-state index contributed by atoms with van der Waals surface area (Å²) < 4.78 is 2.53. The molecule has 0 aliphatic heterocycles. The fraction of sp³-hybridized carbons (Fsp3) is 0. The van der Waals surface area contributed by atoms with Crippen LogP contribution < -0.4 is 0 Å². The summed E-state index contributed by atoms with van der Waals surface area (Å²) in [6.45, 7) is 0. The van der Waals surface area contributed by atoms with Gasteiger partial charge in [0.25, 0.3) is 0 Å². The molecule has 3 nitrogen and oxygen atoms in total. The first kappa shape index (κ1) is 33.1. The molecule has 0 atom stereocenters. The van der Waals surface area contributed by atoms with Gasteiger partial charge in [-0.3, -0.25) is 0 Å². The van der Waals surface area contributed by atoms with E-state index in [0.717, 1.165) is 56.0 Å². The maximum absolute atomic E-state index is 5.60. The summed E-state index contributed by atoms with van der Waals surface area (Å²) in [4.78, 5) is 15.8. The normalized spacial score (nSPS) is 11.5. The van der Waals surface area contributed by atoms with Crippen LogP contribution in [-0.4, -0.2) is 15.0 Å². The predicted molar refractivity (Wildman–Crippen MR) is 240 cm³/mol. The lowest BCUT2D eigenvalue weighted by Crippen LogP contribution is -1.96. The van der Waals surface area contributed by atoms with Gasteiger partial charge in [0.2, 0.25) is 0 Å². The molecule has 3 heterocycles. The van der Waals surface area contributed by atoms with Crippen molar-refractivity contribution in [1.29, 1.82) is 0 Å². The van der Waals surface area contributed by atoms with Crippen LogP contribution in [0.5, 0.6) is 0 Å². The third-order valence-corrected chi connectivity index (χ3v) is 12.1. The molecule has 57 heavy (non-hydrogen) atoms. The lowest BCUT2D eigenvalue weighted by atomic mass is 9.95. The zero-order valence-electron chi connectivity index (χ0n) is 30.8. The first-order chi connectivity index (χ1) is 28.2. The second-order valence-corrected chi connectivity index (χ2v) is 15.4. The third-order valence-electron chi connectivity index (χ3n) is 10.9. The highest BCUT2D eigenvalue weighted by Crippen LogP contribution is 2.45. The van der Waals surface area contributed by atoms with E-state index in [1.807, 2.05) is 35.6 Å². The highest BCUT2D eigenvalue weighted by Gasteiger charge is 2.20. The van der Waals surface area contributed by atoms with Gasteiger partial charge in [-0.2, -0.15) is 0 Å². The molecule has 0 bridgehead atoms. The molecule has 4 heteroatoms. The molecule has 3 aromatic heterocycles. The molecule has 0 saturated heterocycles. The van der Waals surface area contributed by atoms with Gasteiger partial charge in [0.1, 0.15) is 0 Å². The van der Waals surface area contributed by atoms with Crippen LogP contribution >= 0.6 is 11.3 Å². The zero-order chi connectivity index (χ0) is 37.7. The van der Waals surface area contributed by atoms with Crippen LogP contribution in [0.2, 0.25) is 0 Å². The van der Waals surface area contributed by atoms with E-state index in [2.05, 4.69) is 176 Å². The van der Waals surface area contributed by atoms with E-state index in [-0.39, 0.29) is 0 Å². The quantitative estimate of drug-likeness (QED) is 0.170. The summed E-state index contributed by atoms with van der Waals surface area (Å²) in [6.07, 6.45) is 0. The molecule has 11 aromatic rings. The lowest BCUT2D eigenvalue weighted by Gasteiger charge is -2.13. The van der Waals surface area contributed by atoms with Crippen LogP contribution in [-0.2, 0) is 0 Å². The molecule has 0 saturated carbocycles. The van der Waals surface area contributed by atoms with Crippen LogP contribution in [0, 0.1) is 0 Å². The van der Waals surface area contributed by atoms with Crippen LogP contribution in [0.4, 0.5) is 0 Å². The minimum Gasteiger partial charge on any atom is -0.246 e. The van der Waals surface area contributed by atoms with E-state index in [1.165, 1.54) is 47.5 Å². The summed E-state index contributed by atoms with van der Waals surface area (Å²) >= 11 is 1.85. The highest BCUT2D eigenvalue weighted by atomic mass is 32.1. The second kappa shape index (κ2) is 13.8. The summed E-state index contributed by atoms with van der Waals surface area (Å²) in [7, 11) is 0. The fourth-order valence-electron chi connectivity index (χ4n) is 8.09. The van der Waals surface area contributed by atoms with Gasteiger partial charge in [-0.05, 0) is 39.6 Å². The third kappa shape index (κ3) is 5.86.